The van der Waals surface area contributed by atoms with E-state index >= 15 is 0 Å². The van der Waals surface area contributed by atoms with Crippen LogP contribution in [0.3, 0.4) is 0 Å². The maximum atomic E-state index is 2.15. The first kappa shape index (κ1) is 4.25. The van der Waals surface area contributed by atoms with Crippen LogP contribution in [-0.2, 0) is 0 Å². The molecule has 2 heterocycles. The van der Waals surface area contributed by atoms with Crippen molar-refractivity contribution in [2.75, 3.05) is 11.5 Å². The molecule has 0 radical (unpaired) electrons. The van der Waals surface area contributed by atoms with E-state index in [0.717, 1.165) is 11.8 Å². The van der Waals surface area contributed by atoms with E-state index in [-0.39, 0.29) is 0 Å². The molecule has 40 valence electrons. The van der Waals surface area contributed by atoms with Crippen LogP contribution in [0.25, 0.3) is 0 Å². The smallest absolute Gasteiger partial charge is 0.00388 e. The lowest BCUT2D eigenvalue weighted by molar-refractivity contribution is 0.231. The molecule has 3 fully saturated rings. The van der Waals surface area contributed by atoms with Gasteiger partial charge in [0.1, 0.15) is 0 Å². The zero-order valence-corrected chi connectivity index (χ0v) is 5.21. The summed E-state index contributed by atoms with van der Waals surface area (Å²) >= 11 is 2.15. The third-order valence-corrected chi connectivity index (χ3v) is 3.45. The van der Waals surface area contributed by atoms with Crippen LogP contribution in [0.1, 0.15) is 12.8 Å². The molecule has 0 unspecified atom stereocenters. The van der Waals surface area contributed by atoms with Crippen LogP contribution in [0.2, 0.25) is 0 Å². The van der Waals surface area contributed by atoms with E-state index in [2.05, 4.69) is 11.8 Å². The van der Waals surface area contributed by atoms with Gasteiger partial charge in [-0.05, 0) is 36.2 Å². The fraction of sp³-hybridized carbons (Fsp3) is 1.00. The summed E-state index contributed by atoms with van der Waals surface area (Å²) in [5.41, 5.74) is 0. The first-order chi connectivity index (χ1) is 3.45. The number of hydrogen-bond donors (Lipinski definition) is 0. The SMILES string of the molecule is C1SCC2CC1C2. The first-order valence-corrected chi connectivity index (χ1v) is 4.18. The van der Waals surface area contributed by atoms with E-state index in [4.69, 9.17) is 0 Å². The average Bonchev–Trinajstić information content (AvgIpc) is 1.67. The van der Waals surface area contributed by atoms with E-state index in [1.54, 1.807) is 12.8 Å². The molecule has 1 saturated carbocycles. The summed E-state index contributed by atoms with van der Waals surface area (Å²) in [5, 5.41) is 0. The van der Waals surface area contributed by atoms with Gasteiger partial charge in [-0.2, -0.15) is 11.8 Å². The van der Waals surface area contributed by atoms with Crippen LogP contribution < -0.4 is 0 Å². The van der Waals surface area contributed by atoms with Crippen LogP contribution >= 0.6 is 11.8 Å². The summed E-state index contributed by atoms with van der Waals surface area (Å²) in [4.78, 5) is 0. The van der Waals surface area contributed by atoms with E-state index in [1.165, 1.54) is 11.5 Å². The zero-order valence-electron chi connectivity index (χ0n) is 4.39. The minimum Gasteiger partial charge on any atom is -0.161 e. The van der Waals surface area contributed by atoms with E-state index < -0.39 is 0 Å². The van der Waals surface area contributed by atoms with Gasteiger partial charge < -0.3 is 0 Å². The highest BCUT2D eigenvalue weighted by molar-refractivity contribution is 7.99. The number of hydrogen-bond acceptors (Lipinski definition) is 1. The van der Waals surface area contributed by atoms with Crippen molar-refractivity contribution >= 4 is 11.8 Å². The van der Waals surface area contributed by atoms with E-state index in [9.17, 15) is 0 Å². The molecular formula is C6H10S. The summed E-state index contributed by atoms with van der Waals surface area (Å²) in [6, 6.07) is 0. The molecule has 0 amide bonds. The Morgan fingerprint density at radius 3 is 1.71 bits per heavy atom. The highest BCUT2D eigenvalue weighted by Crippen LogP contribution is 2.43. The van der Waals surface area contributed by atoms with Gasteiger partial charge in [0.05, 0.1) is 0 Å². The quantitative estimate of drug-likeness (QED) is 0.462. The van der Waals surface area contributed by atoms with Crippen LogP contribution in [0.15, 0.2) is 0 Å². The van der Waals surface area contributed by atoms with Gasteiger partial charge in [0.25, 0.3) is 0 Å². The Labute approximate surface area is 48.7 Å². The van der Waals surface area contributed by atoms with Crippen molar-refractivity contribution in [3.63, 3.8) is 0 Å². The molecule has 2 aliphatic heterocycles. The number of thioether (sulfide) groups is 1. The average molecular weight is 114 g/mol. The molecule has 1 heteroatoms. The standard InChI is InChI=1S/C6H10S/c1-5-2-6(1)4-7-3-5/h5-6H,1-4H2. The lowest BCUT2D eigenvalue weighted by Gasteiger charge is -2.40. The van der Waals surface area contributed by atoms with Crippen LogP contribution in [0, 0.1) is 11.8 Å². The van der Waals surface area contributed by atoms with Gasteiger partial charge in [-0.1, -0.05) is 0 Å². The number of fused-ring (bicyclic) bond motifs is 2. The largest absolute Gasteiger partial charge is 0.161 e. The van der Waals surface area contributed by atoms with E-state index in [0.29, 0.717) is 0 Å². The van der Waals surface area contributed by atoms with Crippen molar-refractivity contribution in [2.45, 2.75) is 12.8 Å². The summed E-state index contributed by atoms with van der Waals surface area (Å²) in [6.07, 6.45) is 3.12. The fourth-order valence-corrected chi connectivity index (χ4v) is 2.89. The monoisotopic (exact) mass is 114 g/mol. The summed E-state index contributed by atoms with van der Waals surface area (Å²) in [6.45, 7) is 0. The van der Waals surface area contributed by atoms with Gasteiger partial charge in [0, 0.05) is 0 Å². The predicted octanol–water partition coefficient (Wildman–Crippen LogP) is 1.76. The second kappa shape index (κ2) is 1.41. The minimum atomic E-state index is 1.14. The summed E-state index contributed by atoms with van der Waals surface area (Å²) < 4.78 is 0. The lowest BCUT2D eigenvalue weighted by Crippen LogP contribution is -2.32. The van der Waals surface area contributed by atoms with Gasteiger partial charge in [-0.25, -0.2) is 0 Å². The maximum absolute atomic E-state index is 2.15. The van der Waals surface area contributed by atoms with Gasteiger partial charge in [-0.15, -0.1) is 0 Å². The van der Waals surface area contributed by atoms with Crippen molar-refractivity contribution in [3.8, 4) is 0 Å². The first-order valence-electron chi connectivity index (χ1n) is 3.03. The molecule has 0 aromatic carbocycles. The van der Waals surface area contributed by atoms with Crippen molar-refractivity contribution in [2.24, 2.45) is 11.8 Å². The number of rotatable bonds is 0. The molecule has 0 spiro atoms. The molecule has 7 heavy (non-hydrogen) atoms. The third kappa shape index (κ3) is 0.584. The van der Waals surface area contributed by atoms with Gasteiger partial charge in [0.2, 0.25) is 0 Å². The Balaban J connectivity index is 1.99. The normalized spacial score (nSPS) is 48.0. The molecule has 0 aromatic heterocycles. The minimum absolute atomic E-state index is 1.14. The van der Waals surface area contributed by atoms with Crippen LogP contribution in [0.4, 0.5) is 0 Å². The molecule has 3 rings (SSSR count). The zero-order chi connectivity index (χ0) is 4.69. The fourth-order valence-electron chi connectivity index (χ4n) is 1.55. The molecule has 0 aromatic rings. The molecule has 0 N–H and O–H groups in total. The topological polar surface area (TPSA) is 0 Å². The van der Waals surface area contributed by atoms with Gasteiger partial charge in [0.15, 0.2) is 0 Å². The Hall–Kier alpha value is 0.350. The highest BCUT2D eigenvalue weighted by Gasteiger charge is 2.32. The molecule has 2 bridgehead atoms. The highest BCUT2D eigenvalue weighted by atomic mass is 32.2. The molecule has 1 aliphatic carbocycles. The summed E-state index contributed by atoms with van der Waals surface area (Å²) in [7, 11) is 0. The molecular weight excluding hydrogens is 104 g/mol. The third-order valence-electron chi connectivity index (χ3n) is 2.04. The molecule has 0 nitrogen and oxygen atoms in total. The van der Waals surface area contributed by atoms with Crippen molar-refractivity contribution in [1.82, 2.24) is 0 Å². The summed E-state index contributed by atoms with van der Waals surface area (Å²) in [5.74, 6) is 5.22. The van der Waals surface area contributed by atoms with Crippen molar-refractivity contribution in [3.05, 3.63) is 0 Å². The van der Waals surface area contributed by atoms with Gasteiger partial charge in [-0.3, -0.25) is 0 Å². The maximum Gasteiger partial charge on any atom is -0.00388 e. The molecule has 2 saturated heterocycles. The van der Waals surface area contributed by atoms with Gasteiger partial charge >= 0.3 is 0 Å². The lowest BCUT2D eigenvalue weighted by atomic mass is 9.77. The van der Waals surface area contributed by atoms with Crippen molar-refractivity contribution < 1.29 is 0 Å². The molecule has 3 aliphatic rings. The Bertz CT molecular complexity index is 60.7. The second-order valence-electron chi connectivity index (χ2n) is 2.74. The van der Waals surface area contributed by atoms with Crippen LogP contribution in [-0.4, -0.2) is 11.5 Å². The predicted molar refractivity (Wildman–Crippen MR) is 33.5 cm³/mol. The second-order valence-corrected chi connectivity index (χ2v) is 3.82. The van der Waals surface area contributed by atoms with E-state index in [1.807, 2.05) is 0 Å². The Morgan fingerprint density at radius 1 is 1.00 bits per heavy atom. The Kier molecular flexibility index (Phi) is 0.857. The molecule has 0 atom stereocenters. The van der Waals surface area contributed by atoms with Crippen LogP contribution in [0.5, 0.6) is 0 Å². The Morgan fingerprint density at radius 2 is 1.57 bits per heavy atom. The van der Waals surface area contributed by atoms with Crippen molar-refractivity contribution in [1.29, 1.82) is 0 Å².